The Kier molecular flexibility index (Phi) is 5.52. The minimum Gasteiger partial charge on any atom is -0.207 e. The van der Waals surface area contributed by atoms with Crippen LogP contribution in [0, 0.1) is 24.2 Å². The van der Waals surface area contributed by atoms with E-state index in [0.29, 0.717) is 11.4 Å². The molecule has 4 nitrogen and oxygen atoms in total. The van der Waals surface area contributed by atoms with Crippen molar-refractivity contribution in [1.82, 2.24) is 4.31 Å². The molecule has 0 unspecified atom stereocenters. The highest BCUT2D eigenvalue weighted by Crippen LogP contribution is 2.20. The Labute approximate surface area is 115 Å². The predicted octanol–water partition coefficient (Wildman–Crippen LogP) is 2.56. The number of aryl methyl sites for hydroxylation is 1. The van der Waals surface area contributed by atoms with Crippen molar-refractivity contribution in [1.29, 1.82) is 5.26 Å². The van der Waals surface area contributed by atoms with Gasteiger partial charge in [0.15, 0.2) is 0 Å². The van der Waals surface area contributed by atoms with Crippen molar-refractivity contribution in [3.05, 3.63) is 29.8 Å². The number of hydrogen-bond acceptors (Lipinski definition) is 3. The van der Waals surface area contributed by atoms with Gasteiger partial charge in [0, 0.05) is 19.5 Å². The summed E-state index contributed by atoms with van der Waals surface area (Å²) in [6, 6.07) is 8.94. The summed E-state index contributed by atoms with van der Waals surface area (Å²) in [5.74, 6) is 0.220. The topological polar surface area (TPSA) is 61.2 Å². The Hall–Kier alpha value is -1.38. The normalized spacial score (nSPS) is 11.8. The quantitative estimate of drug-likeness (QED) is 0.804. The molecule has 0 aliphatic rings. The molecule has 0 amide bonds. The summed E-state index contributed by atoms with van der Waals surface area (Å²) in [6.45, 7) is 6.38. The van der Waals surface area contributed by atoms with E-state index >= 15 is 0 Å². The molecule has 1 aromatic rings. The molecule has 19 heavy (non-hydrogen) atoms. The molecule has 1 aromatic carbocycles. The first kappa shape index (κ1) is 15.7. The molecule has 5 heteroatoms. The Morgan fingerprint density at radius 3 is 2.47 bits per heavy atom. The first-order valence-corrected chi connectivity index (χ1v) is 7.76. The van der Waals surface area contributed by atoms with Crippen LogP contribution in [-0.2, 0) is 10.0 Å². The standard InChI is InChI=1S/C14H20N2O2S/c1-12(2)11-16(10-6-9-15)19(17,18)14-8-5-4-7-13(14)3/h4-5,7-8,12H,6,10-11H2,1-3H3. The van der Waals surface area contributed by atoms with E-state index in [0.717, 1.165) is 5.56 Å². The second-order valence-electron chi connectivity index (χ2n) is 4.93. The molecule has 104 valence electrons. The number of sulfonamides is 1. The lowest BCUT2D eigenvalue weighted by Gasteiger charge is -2.23. The minimum atomic E-state index is -3.52. The van der Waals surface area contributed by atoms with Gasteiger partial charge in [0.25, 0.3) is 0 Å². The van der Waals surface area contributed by atoms with Crippen LogP contribution in [0.5, 0.6) is 0 Å². The Morgan fingerprint density at radius 1 is 1.32 bits per heavy atom. The van der Waals surface area contributed by atoms with Gasteiger partial charge >= 0.3 is 0 Å². The van der Waals surface area contributed by atoms with Gasteiger partial charge in [0.05, 0.1) is 11.0 Å². The smallest absolute Gasteiger partial charge is 0.207 e. The van der Waals surface area contributed by atoms with Crippen molar-refractivity contribution in [2.75, 3.05) is 13.1 Å². The van der Waals surface area contributed by atoms with Crippen LogP contribution < -0.4 is 0 Å². The van der Waals surface area contributed by atoms with Crippen LogP contribution in [0.4, 0.5) is 0 Å². The van der Waals surface area contributed by atoms with Gasteiger partial charge in [-0.15, -0.1) is 0 Å². The fourth-order valence-electron chi connectivity index (χ4n) is 1.88. The van der Waals surface area contributed by atoms with Crippen LogP contribution in [0.2, 0.25) is 0 Å². The molecule has 0 aliphatic carbocycles. The zero-order valence-electron chi connectivity index (χ0n) is 11.6. The van der Waals surface area contributed by atoms with Gasteiger partial charge in [-0.05, 0) is 24.5 Å². The summed E-state index contributed by atoms with van der Waals surface area (Å²) in [6.07, 6.45) is 0.206. The largest absolute Gasteiger partial charge is 0.243 e. The fourth-order valence-corrected chi connectivity index (χ4v) is 3.71. The zero-order valence-corrected chi connectivity index (χ0v) is 12.4. The van der Waals surface area contributed by atoms with Gasteiger partial charge in [-0.3, -0.25) is 0 Å². The summed E-state index contributed by atoms with van der Waals surface area (Å²) in [7, 11) is -3.52. The number of benzene rings is 1. The van der Waals surface area contributed by atoms with E-state index in [1.807, 2.05) is 26.0 Å². The van der Waals surface area contributed by atoms with Crippen LogP contribution in [0.15, 0.2) is 29.2 Å². The number of rotatable bonds is 6. The molecule has 0 atom stereocenters. The highest BCUT2D eigenvalue weighted by molar-refractivity contribution is 7.89. The third kappa shape index (κ3) is 4.05. The van der Waals surface area contributed by atoms with E-state index in [1.165, 1.54) is 4.31 Å². The predicted molar refractivity (Wildman–Crippen MR) is 75.0 cm³/mol. The molecule has 0 saturated heterocycles. The molecule has 0 bridgehead atoms. The minimum absolute atomic E-state index is 0.206. The maximum absolute atomic E-state index is 12.6. The molecule has 0 spiro atoms. The van der Waals surface area contributed by atoms with Crippen molar-refractivity contribution < 1.29 is 8.42 Å². The summed E-state index contributed by atoms with van der Waals surface area (Å²) < 4.78 is 26.6. The van der Waals surface area contributed by atoms with E-state index in [2.05, 4.69) is 0 Å². The van der Waals surface area contributed by atoms with E-state index in [9.17, 15) is 8.42 Å². The average Bonchev–Trinajstić information content (AvgIpc) is 2.34. The van der Waals surface area contributed by atoms with Crippen LogP contribution in [0.1, 0.15) is 25.8 Å². The molecule has 0 heterocycles. The fraction of sp³-hybridized carbons (Fsp3) is 0.500. The van der Waals surface area contributed by atoms with Crippen molar-refractivity contribution in [3.8, 4) is 6.07 Å². The maximum Gasteiger partial charge on any atom is 0.243 e. The molecule has 0 aliphatic heterocycles. The van der Waals surface area contributed by atoms with Crippen molar-refractivity contribution in [2.24, 2.45) is 5.92 Å². The van der Waals surface area contributed by atoms with Gasteiger partial charge in [0.2, 0.25) is 10.0 Å². The molecule has 0 saturated carbocycles. The number of hydrogen-bond donors (Lipinski definition) is 0. The zero-order chi connectivity index (χ0) is 14.5. The first-order valence-electron chi connectivity index (χ1n) is 6.32. The Morgan fingerprint density at radius 2 is 1.95 bits per heavy atom. The molecule has 0 N–H and O–H groups in total. The number of nitrogens with zero attached hydrogens (tertiary/aromatic N) is 2. The summed E-state index contributed by atoms with van der Waals surface area (Å²) in [5, 5.41) is 8.67. The van der Waals surface area contributed by atoms with Crippen molar-refractivity contribution in [2.45, 2.75) is 32.1 Å². The van der Waals surface area contributed by atoms with E-state index in [1.54, 1.807) is 25.1 Å². The second-order valence-corrected chi connectivity index (χ2v) is 6.84. The lowest BCUT2D eigenvalue weighted by Crippen LogP contribution is -2.35. The molecular formula is C14H20N2O2S. The van der Waals surface area contributed by atoms with Crippen molar-refractivity contribution >= 4 is 10.0 Å². The third-order valence-corrected chi connectivity index (χ3v) is 4.78. The lowest BCUT2D eigenvalue weighted by molar-refractivity contribution is 0.372. The molecule has 0 radical (unpaired) electrons. The van der Waals surface area contributed by atoms with Gasteiger partial charge in [-0.2, -0.15) is 9.57 Å². The van der Waals surface area contributed by atoms with E-state index in [4.69, 9.17) is 5.26 Å². The highest BCUT2D eigenvalue weighted by Gasteiger charge is 2.25. The van der Waals surface area contributed by atoms with E-state index in [-0.39, 0.29) is 18.9 Å². The highest BCUT2D eigenvalue weighted by atomic mass is 32.2. The first-order chi connectivity index (χ1) is 8.89. The molecular weight excluding hydrogens is 260 g/mol. The SMILES string of the molecule is Cc1ccccc1S(=O)(=O)N(CCC#N)CC(C)C. The summed E-state index contributed by atoms with van der Waals surface area (Å²) in [4.78, 5) is 0.327. The summed E-state index contributed by atoms with van der Waals surface area (Å²) >= 11 is 0. The number of nitriles is 1. The van der Waals surface area contributed by atoms with E-state index < -0.39 is 10.0 Å². The van der Waals surface area contributed by atoms with Crippen LogP contribution in [-0.4, -0.2) is 25.8 Å². The second kappa shape index (κ2) is 6.69. The van der Waals surface area contributed by atoms with Crippen molar-refractivity contribution in [3.63, 3.8) is 0 Å². The Balaban J connectivity index is 3.12. The molecule has 0 fully saturated rings. The van der Waals surface area contributed by atoms with Gasteiger partial charge < -0.3 is 0 Å². The Bertz CT molecular complexity index is 559. The average molecular weight is 280 g/mol. The van der Waals surface area contributed by atoms with Gasteiger partial charge in [-0.25, -0.2) is 8.42 Å². The monoisotopic (exact) mass is 280 g/mol. The van der Waals surface area contributed by atoms with Gasteiger partial charge in [-0.1, -0.05) is 32.0 Å². The summed E-state index contributed by atoms with van der Waals surface area (Å²) in [5.41, 5.74) is 0.730. The molecule has 1 rings (SSSR count). The third-order valence-electron chi connectivity index (χ3n) is 2.75. The molecule has 0 aromatic heterocycles. The van der Waals surface area contributed by atoms with Crippen LogP contribution in [0.3, 0.4) is 0 Å². The maximum atomic E-state index is 12.6. The van der Waals surface area contributed by atoms with Crippen LogP contribution in [0.25, 0.3) is 0 Å². The van der Waals surface area contributed by atoms with Gasteiger partial charge in [0.1, 0.15) is 0 Å². The lowest BCUT2D eigenvalue weighted by atomic mass is 10.2. The van der Waals surface area contributed by atoms with Crippen LogP contribution >= 0.6 is 0 Å².